The van der Waals surface area contributed by atoms with Crippen LogP contribution in [0.25, 0.3) is 16.9 Å². The minimum atomic E-state index is 0. The molecule has 0 aliphatic heterocycles. The highest BCUT2D eigenvalue weighted by Gasteiger charge is 2.30. The molecule has 1 N–H and O–H groups in total. The van der Waals surface area contributed by atoms with Crippen LogP contribution in [-0.4, -0.2) is 30.3 Å². The molecule has 134 valence electrons. The number of nitrogens with zero attached hydrogens (tertiary/aromatic N) is 5. The molecule has 25 heavy (non-hydrogen) atoms. The highest BCUT2D eigenvalue weighted by atomic mass is 16.2. The van der Waals surface area contributed by atoms with Gasteiger partial charge in [0.15, 0.2) is 5.65 Å². The largest absolute Gasteiger partial charge is 0.293 e. The van der Waals surface area contributed by atoms with E-state index in [9.17, 15) is 4.79 Å². The van der Waals surface area contributed by atoms with Crippen LogP contribution in [0, 0.1) is 5.92 Å². The maximum atomic E-state index is 11.9. The number of fused-ring (bicyclic) bond motifs is 1. The first-order valence-corrected chi connectivity index (χ1v) is 8.94. The van der Waals surface area contributed by atoms with Crippen molar-refractivity contribution in [1.29, 1.82) is 0 Å². The molecule has 1 fully saturated rings. The van der Waals surface area contributed by atoms with Gasteiger partial charge in [-0.25, -0.2) is 4.52 Å². The van der Waals surface area contributed by atoms with Crippen LogP contribution in [-0.2, 0) is 11.3 Å². The maximum absolute atomic E-state index is 11.9. The van der Waals surface area contributed by atoms with E-state index in [4.69, 9.17) is 0 Å². The Labute approximate surface area is 148 Å². The zero-order chi connectivity index (χ0) is 17.8. The van der Waals surface area contributed by atoms with Crippen LogP contribution in [0.5, 0.6) is 0 Å². The molecule has 3 aromatic rings. The molecule has 0 unspecified atom stereocenters. The third-order valence-electron chi connectivity index (χ3n) is 3.92. The predicted octanol–water partition coefficient (Wildman–Crippen LogP) is 3.62. The van der Waals surface area contributed by atoms with Gasteiger partial charge in [-0.05, 0) is 31.4 Å². The third kappa shape index (κ3) is 3.70. The monoisotopic (exact) mass is 342 g/mol. The normalized spacial score (nSPS) is 13.4. The SMILES string of the molecule is CC.CCCn1cc(-c2cccc3nc(NC(=O)C4CC4)nn23)cn1.[HH]. The quantitative estimate of drug-likeness (QED) is 0.768. The molecule has 0 atom stereocenters. The van der Waals surface area contributed by atoms with E-state index >= 15 is 0 Å². The first-order chi connectivity index (χ1) is 12.2. The van der Waals surface area contributed by atoms with E-state index in [2.05, 4.69) is 27.4 Å². The van der Waals surface area contributed by atoms with Crippen molar-refractivity contribution in [2.75, 3.05) is 5.32 Å². The van der Waals surface area contributed by atoms with Gasteiger partial charge in [-0.15, -0.1) is 5.10 Å². The van der Waals surface area contributed by atoms with Gasteiger partial charge in [0.1, 0.15) is 0 Å². The molecule has 1 amide bonds. The summed E-state index contributed by atoms with van der Waals surface area (Å²) in [7, 11) is 0. The Bertz CT molecular complexity index is 868. The van der Waals surface area contributed by atoms with Crippen LogP contribution < -0.4 is 5.32 Å². The smallest absolute Gasteiger partial charge is 0.249 e. The lowest BCUT2D eigenvalue weighted by Gasteiger charge is -2.00. The Balaban J connectivity index is 0.000000784. The van der Waals surface area contributed by atoms with Gasteiger partial charge in [0.25, 0.3) is 0 Å². The summed E-state index contributed by atoms with van der Waals surface area (Å²) in [5.74, 6) is 0.502. The van der Waals surface area contributed by atoms with Crippen LogP contribution in [0.15, 0.2) is 30.6 Å². The standard InChI is InChI=1S/C16H18N6O.C2H6.H2/c1-2-8-21-10-12(9-17-21)13-4-3-5-14-18-16(20-22(13)14)19-15(23)11-6-7-11;1-2;/h3-5,9-11H,2,6-8H2,1H3,(H,19,20,23);1-2H3;1H. The highest BCUT2D eigenvalue weighted by molar-refractivity contribution is 5.92. The molecule has 7 nitrogen and oxygen atoms in total. The van der Waals surface area contributed by atoms with Gasteiger partial charge in [-0.3, -0.25) is 14.8 Å². The summed E-state index contributed by atoms with van der Waals surface area (Å²) >= 11 is 0. The zero-order valence-electron chi connectivity index (χ0n) is 14.9. The molecule has 3 heterocycles. The lowest BCUT2D eigenvalue weighted by atomic mass is 10.2. The second-order valence-electron chi connectivity index (χ2n) is 5.87. The third-order valence-corrected chi connectivity index (χ3v) is 3.92. The minimum absolute atomic E-state index is 0. The van der Waals surface area contributed by atoms with E-state index < -0.39 is 0 Å². The summed E-state index contributed by atoms with van der Waals surface area (Å²) in [5, 5.41) is 11.6. The number of hydrogen-bond donors (Lipinski definition) is 1. The number of anilines is 1. The Morgan fingerprint density at radius 1 is 1.36 bits per heavy atom. The number of pyridine rings is 1. The molecule has 0 aromatic carbocycles. The molecule has 0 spiro atoms. The predicted molar refractivity (Wildman–Crippen MR) is 99.3 cm³/mol. The Morgan fingerprint density at radius 2 is 2.16 bits per heavy atom. The number of rotatable bonds is 5. The summed E-state index contributed by atoms with van der Waals surface area (Å²) < 4.78 is 3.66. The van der Waals surface area contributed by atoms with E-state index in [0.717, 1.165) is 37.1 Å². The Hall–Kier alpha value is -2.70. The summed E-state index contributed by atoms with van der Waals surface area (Å²) in [5.41, 5.74) is 2.59. The minimum Gasteiger partial charge on any atom is -0.293 e. The fourth-order valence-corrected chi connectivity index (χ4v) is 2.58. The van der Waals surface area contributed by atoms with Crippen LogP contribution in [0.2, 0.25) is 0 Å². The van der Waals surface area contributed by atoms with Gasteiger partial charge in [-0.1, -0.05) is 26.8 Å². The first-order valence-electron chi connectivity index (χ1n) is 8.94. The van der Waals surface area contributed by atoms with Gasteiger partial charge in [0.05, 0.1) is 11.9 Å². The average molecular weight is 342 g/mol. The maximum Gasteiger partial charge on any atom is 0.249 e. The van der Waals surface area contributed by atoms with Crippen molar-refractivity contribution in [3.8, 4) is 11.3 Å². The summed E-state index contributed by atoms with van der Waals surface area (Å²) in [6.07, 6.45) is 6.78. The van der Waals surface area contributed by atoms with E-state index in [0.29, 0.717) is 11.6 Å². The van der Waals surface area contributed by atoms with Crippen molar-refractivity contribution in [2.24, 2.45) is 5.92 Å². The fourth-order valence-electron chi connectivity index (χ4n) is 2.58. The van der Waals surface area contributed by atoms with E-state index in [-0.39, 0.29) is 13.3 Å². The van der Waals surface area contributed by atoms with Crippen molar-refractivity contribution < 1.29 is 6.22 Å². The van der Waals surface area contributed by atoms with Crippen LogP contribution in [0.1, 0.15) is 41.5 Å². The molecule has 1 saturated carbocycles. The van der Waals surface area contributed by atoms with Gasteiger partial charge in [-0.2, -0.15) is 10.1 Å². The van der Waals surface area contributed by atoms with Gasteiger partial charge >= 0.3 is 0 Å². The summed E-state index contributed by atoms with van der Waals surface area (Å²) in [6, 6.07) is 5.78. The number of carbonyl (C=O) groups excluding carboxylic acids is 1. The van der Waals surface area contributed by atoms with E-state index in [1.165, 1.54) is 0 Å². The van der Waals surface area contributed by atoms with Crippen molar-refractivity contribution >= 4 is 17.5 Å². The van der Waals surface area contributed by atoms with Crippen LogP contribution in [0.3, 0.4) is 0 Å². The van der Waals surface area contributed by atoms with Crippen molar-refractivity contribution in [3.05, 3.63) is 30.6 Å². The number of aryl methyl sites for hydroxylation is 1. The summed E-state index contributed by atoms with van der Waals surface area (Å²) in [4.78, 5) is 16.3. The summed E-state index contributed by atoms with van der Waals surface area (Å²) in [6.45, 7) is 7.00. The molecule has 0 saturated heterocycles. The second-order valence-corrected chi connectivity index (χ2v) is 5.87. The number of nitrogens with one attached hydrogen (secondary N) is 1. The average Bonchev–Trinajstić information content (AvgIpc) is 3.25. The van der Waals surface area contributed by atoms with E-state index in [1.54, 1.807) is 4.52 Å². The molecular formula is C18H26N6O. The van der Waals surface area contributed by atoms with Gasteiger partial charge in [0.2, 0.25) is 11.9 Å². The van der Waals surface area contributed by atoms with Crippen molar-refractivity contribution in [2.45, 2.75) is 46.6 Å². The van der Waals surface area contributed by atoms with Crippen LogP contribution in [0.4, 0.5) is 5.95 Å². The topological polar surface area (TPSA) is 77.1 Å². The molecule has 4 rings (SSSR count). The number of aromatic nitrogens is 5. The fraction of sp³-hybridized carbons (Fsp3) is 0.444. The van der Waals surface area contributed by atoms with Crippen molar-refractivity contribution in [1.82, 2.24) is 24.4 Å². The Kier molecular flexibility index (Phi) is 5.11. The molecule has 0 bridgehead atoms. The molecule has 1 aliphatic carbocycles. The lowest BCUT2D eigenvalue weighted by molar-refractivity contribution is -0.117. The number of amides is 1. The number of hydrogen-bond acceptors (Lipinski definition) is 4. The lowest BCUT2D eigenvalue weighted by Crippen LogP contribution is -2.14. The molecular weight excluding hydrogens is 316 g/mol. The van der Waals surface area contributed by atoms with Crippen molar-refractivity contribution in [3.63, 3.8) is 0 Å². The molecule has 7 heteroatoms. The second kappa shape index (κ2) is 7.46. The molecule has 0 radical (unpaired) electrons. The first kappa shape index (κ1) is 17.1. The molecule has 1 aliphatic rings. The van der Waals surface area contributed by atoms with Gasteiger partial charge in [0, 0.05) is 25.6 Å². The van der Waals surface area contributed by atoms with E-state index in [1.807, 2.05) is 49.1 Å². The Morgan fingerprint density at radius 3 is 2.88 bits per heavy atom. The molecule has 3 aromatic heterocycles. The number of carbonyl (C=O) groups is 1. The van der Waals surface area contributed by atoms with Crippen LogP contribution >= 0.6 is 0 Å². The van der Waals surface area contributed by atoms with Gasteiger partial charge < -0.3 is 0 Å². The zero-order valence-corrected chi connectivity index (χ0v) is 14.9. The highest BCUT2D eigenvalue weighted by Crippen LogP contribution is 2.30.